The molecule has 0 spiro atoms. The third kappa shape index (κ3) is 1.57. The van der Waals surface area contributed by atoms with Crippen LogP contribution in [0.15, 0.2) is 42.5 Å². The van der Waals surface area contributed by atoms with Crippen LogP contribution in [-0.2, 0) is 16.0 Å². The number of hydrogen-bond acceptors (Lipinski definition) is 2. The third-order valence-electron chi connectivity index (χ3n) is 6.22. The molecular weight excluding hydrogens is 274 g/mol. The van der Waals surface area contributed by atoms with Gasteiger partial charge >= 0.3 is 0 Å². The molecule has 6 atom stereocenters. The summed E-state index contributed by atoms with van der Waals surface area (Å²) in [4.78, 5) is 27.1. The van der Waals surface area contributed by atoms with E-state index in [-0.39, 0.29) is 23.7 Å². The van der Waals surface area contributed by atoms with E-state index in [2.05, 4.69) is 24.3 Å². The molecule has 3 nitrogen and oxygen atoms in total. The molecule has 1 aromatic rings. The Kier molecular flexibility index (Phi) is 2.47. The van der Waals surface area contributed by atoms with Gasteiger partial charge in [-0.05, 0) is 42.1 Å². The average molecular weight is 293 g/mol. The van der Waals surface area contributed by atoms with E-state index in [0.29, 0.717) is 30.2 Å². The molecule has 0 N–H and O–H groups in total. The topological polar surface area (TPSA) is 37.4 Å². The number of rotatable bonds is 3. The van der Waals surface area contributed by atoms with Gasteiger partial charge in [-0.3, -0.25) is 14.5 Å². The van der Waals surface area contributed by atoms with Crippen molar-refractivity contribution < 1.29 is 9.59 Å². The summed E-state index contributed by atoms with van der Waals surface area (Å²) in [5.41, 5.74) is 1.18. The van der Waals surface area contributed by atoms with Crippen LogP contribution >= 0.6 is 0 Å². The number of benzene rings is 1. The van der Waals surface area contributed by atoms with Crippen molar-refractivity contribution >= 4 is 11.8 Å². The highest BCUT2D eigenvalue weighted by Gasteiger charge is 2.66. The normalized spacial score (nSPS) is 40.8. The highest BCUT2D eigenvalue weighted by atomic mass is 16.2. The second kappa shape index (κ2) is 4.31. The van der Waals surface area contributed by atoms with Gasteiger partial charge in [-0.2, -0.15) is 0 Å². The molecule has 0 radical (unpaired) electrons. The number of likely N-dealkylation sites (tertiary alicyclic amines) is 1. The number of allylic oxidation sites excluding steroid dienone is 2. The Morgan fingerprint density at radius 2 is 1.50 bits per heavy atom. The van der Waals surface area contributed by atoms with E-state index in [1.807, 2.05) is 18.2 Å². The summed E-state index contributed by atoms with van der Waals surface area (Å²) in [6.07, 6.45) is 6.44. The molecule has 2 bridgehead atoms. The van der Waals surface area contributed by atoms with Crippen LogP contribution in [0, 0.1) is 35.5 Å². The molecule has 1 aliphatic heterocycles. The van der Waals surface area contributed by atoms with E-state index < -0.39 is 0 Å². The molecule has 0 unspecified atom stereocenters. The Labute approximate surface area is 130 Å². The van der Waals surface area contributed by atoms with Crippen molar-refractivity contribution in [3.8, 4) is 0 Å². The van der Waals surface area contributed by atoms with Gasteiger partial charge in [0.25, 0.3) is 0 Å². The molecule has 112 valence electrons. The van der Waals surface area contributed by atoms with Crippen LogP contribution in [-0.4, -0.2) is 23.3 Å². The summed E-state index contributed by atoms with van der Waals surface area (Å²) < 4.78 is 0. The third-order valence-corrected chi connectivity index (χ3v) is 6.22. The molecule has 3 heteroatoms. The Morgan fingerprint density at radius 1 is 0.909 bits per heavy atom. The number of hydrogen-bond donors (Lipinski definition) is 0. The second-order valence-corrected chi connectivity index (χ2v) is 7.22. The molecule has 5 aliphatic rings. The van der Waals surface area contributed by atoms with E-state index >= 15 is 0 Å². The minimum Gasteiger partial charge on any atom is -0.282 e. The van der Waals surface area contributed by atoms with Gasteiger partial charge in [0, 0.05) is 6.54 Å². The smallest absolute Gasteiger partial charge is 0.233 e. The predicted molar refractivity (Wildman–Crippen MR) is 81.6 cm³/mol. The van der Waals surface area contributed by atoms with Gasteiger partial charge in [0.2, 0.25) is 11.8 Å². The Bertz CT molecular complexity index is 644. The fraction of sp³-hybridized carbons (Fsp3) is 0.474. The quantitative estimate of drug-likeness (QED) is 0.633. The van der Waals surface area contributed by atoms with Crippen molar-refractivity contribution in [2.45, 2.75) is 12.8 Å². The standard InChI is InChI=1S/C19H19NO2/c21-18-16-12-6-7-13(15-10-14(12)15)17(16)19(22)20(18)9-8-11-4-2-1-3-5-11/h1-7,12-17H,8-10H2/t12-,13-,14-,15+,16-,17-/m1/s1. The maximum absolute atomic E-state index is 12.8. The van der Waals surface area contributed by atoms with Crippen molar-refractivity contribution in [3.05, 3.63) is 48.0 Å². The lowest BCUT2D eigenvalue weighted by molar-refractivity contribution is -0.140. The SMILES string of the molecule is O=C1[C@@H]2[C@@H]3C=C[C@H]([C@@H]4C[C@H]34)[C@H]2C(=O)N1CCc1ccccc1. The van der Waals surface area contributed by atoms with Gasteiger partial charge in [0.1, 0.15) is 0 Å². The molecule has 22 heavy (non-hydrogen) atoms. The van der Waals surface area contributed by atoms with E-state index in [9.17, 15) is 9.59 Å². The molecule has 6 rings (SSSR count). The molecule has 1 aromatic carbocycles. The zero-order chi connectivity index (χ0) is 14.8. The number of amides is 2. The molecule has 1 saturated heterocycles. The van der Waals surface area contributed by atoms with Crippen molar-refractivity contribution in [1.29, 1.82) is 0 Å². The monoisotopic (exact) mass is 293 g/mol. The summed E-state index contributed by atoms with van der Waals surface area (Å²) >= 11 is 0. The predicted octanol–water partition coefficient (Wildman–Crippen LogP) is 2.28. The summed E-state index contributed by atoms with van der Waals surface area (Å²) in [6, 6.07) is 10.1. The number of carbonyl (C=O) groups excluding carboxylic acids is 2. The molecule has 2 amide bonds. The largest absolute Gasteiger partial charge is 0.282 e. The highest BCUT2D eigenvalue weighted by molar-refractivity contribution is 6.06. The fourth-order valence-electron chi connectivity index (χ4n) is 5.12. The number of imide groups is 1. The van der Waals surface area contributed by atoms with Crippen LogP contribution in [0.4, 0.5) is 0 Å². The minimum atomic E-state index is -0.0537. The van der Waals surface area contributed by atoms with Gasteiger partial charge in [0.15, 0.2) is 0 Å². The number of nitrogens with zero attached hydrogens (tertiary/aromatic N) is 1. The minimum absolute atomic E-state index is 0.0537. The summed E-state index contributed by atoms with van der Waals surface area (Å²) in [5, 5.41) is 0. The van der Waals surface area contributed by atoms with Crippen LogP contribution in [0.25, 0.3) is 0 Å². The van der Waals surface area contributed by atoms with E-state index in [1.165, 1.54) is 12.0 Å². The first kappa shape index (κ1) is 12.6. The van der Waals surface area contributed by atoms with Gasteiger partial charge in [-0.15, -0.1) is 0 Å². The molecular formula is C19H19NO2. The molecule has 0 aromatic heterocycles. The molecule has 2 saturated carbocycles. The van der Waals surface area contributed by atoms with E-state index in [0.717, 1.165) is 6.42 Å². The van der Waals surface area contributed by atoms with Crippen LogP contribution in [0.5, 0.6) is 0 Å². The molecule has 1 heterocycles. The zero-order valence-corrected chi connectivity index (χ0v) is 12.4. The fourth-order valence-corrected chi connectivity index (χ4v) is 5.12. The van der Waals surface area contributed by atoms with Crippen LogP contribution in [0.3, 0.4) is 0 Å². The Morgan fingerprint density at radius 3 is 2.09 bits per heavy atom. The van der Waals surface area contributed by atoms with Crippen LogP contribution < -0.4 is 0 Å². The Hall–Kier alpha value is -1.90. The lowest BCUT2D eigenvalue weighted by Gasteiger charge is -2.37. The van der Waals surface area contributed by atoms with Crippen LogP contribution in [0.1, 0.15) is 12.0 Å². The zero-order valence-electron chi connectivity index (χ0n) is 12.4. The lowest BCUT2D eigenvalue weighted by atomic mass is 9.63. The maximum atomic E-state index is 12.8. The van der Waals surface area contributed by atoms with Gasteiger partial charge in [-0.25, -0.2) is 0 Å². The van der Waals surface area contributed by atoms with Crippen molar-refractivity contribution in [1.82, 2.24) is 4.90 Å². The Balaban J connectivity index is 1.38. The van der Waals surface area contributed by atoms with Gasteiger partial charge < -0.3 is 0 Å². The summed E-state index contributed by atoms with van der Waals surface area (Å²) in [5.74, 6) is 2.11. The van der Waals surface area contributed by atoms with E-state index in [4.69, 9.17) is 0 Å². The lowest BCUT2D eigenvalue weighted by Crippen LogP contribution is -2.40. The average Bonchev–Trinajstić information content (AvgIpc) is 3.33. The molecule has 3 fully saturated rings. The second-order valence-electron chi connectivity index (χ2n) is 7.22. The highest BCUT2D eigenvalue weighted by Crippen LogP contribution is 2.65. The van der Waals surface area contributed by atoms with Crippen molar-refractivity contribution in [2.24, 2.45) is 35.5 Å². The van der Waals surface area contributed by atoms with Crippen molar-refractivity contribution in [3.63, 3.8) is 0 Å². The van der Waals surface area contributed by atoms with Gasteiger partial charge in [-0.1, -0.05) is 42.5 Å². The summed E-state index contributed by atoms with van der Waals surface area (Å²) in [6.45, 7) is 0.531. The van der Waals surface area contributed by atoms with Gasteiger partial charge in [0.05, 0.1) is 11.8 Å². The first-order valence-corrected chi connectivity index (χ1v) is 8.33. The van der Waals surface area contributed by atoms with Crippen LogP contribution in [0.2, 0.25) is 0 Å². The first-order valence-electron chi connectivity index (χ1n) is 8.33. The van der Waals surface area contributed by atoms with Crippen molar-refractivity contribution in [2.75, 3.05) is 6.54 Å². The first-order chi connectivity index (χ1) is 10.8. The van der Waals surface area contributed by atoms with E-state index in [1.54, 1.807) is 4.90 Å². The maximum Gasteiger partial charge on any atom is 0.233 e. The molecule has 4 aliphatic carbocycles. The number of carbonyl (C=O) groups is 2. The summed E-state index contributed by atoms with van der Waals surface area (Å²) in [7, 11) is 0.